The normalized spacial score (nSPS) is 16.3. The van der Waals surface area contributed by atoms with Crippen LogP contribution >= 0.6 is 0 Å². The minimum Gasteiger partial charge on any atom is -0.338 e. The summed E-state index contributed by atoms with van der Waals surface area (Å²) in [5.74, 6) is 0.221. The highest BCUT2D eigenvalue weighted by molar-refractivity contribution is 5.89. The number of rotatable bonds is 5. The fourth-order valence-corrected chi connectivity index (χ4v) is 2.49. The highest BCUT2D eigenvalue weighted by atomic mass is 16.2. The molecule has 1 heterocycles. The van der Waals surface area contributed by atoms with Crippen LogP contribution in [-0.4, -0.2) is 29.4 Å². The van der Waals surface area contributed by atoms with E-state index in [-0.39, 0.29) is 18.0 Å². The van der Waals surface area contributed by atoms with Crippen molar-refractivity contribution in [2.75, 3.05) is 11.9 Å². The van der Waals surface area contributed by atoms with Gasteiger partial charge in [0.15, 0.2) is 0 Å². The second-order valence-electron chi connectivity index (χ2n) is 5.88. The van der Waals surface area contributed by atoms with Crippen molar-refractivity contribution in [3.63, 3.8) is 0 Å². The molecule has 1 saturated heterocycles. The zero-order valence-electron chi connectivity index (χ0n) is 13.4. The van der Waals surface area contributed by atoms with E-state index < -0.39 is 0 Å². The molecule has 1 aromatic rings. The molecule has 1 aliphatic heterocycles. The van der Waals surface area contributed by atoms with Crippen LogP contribution in [-0.2, 0) is 11.3 Å². The highest BCUT2D eigenvalue weighted by Crippen LogP contribution is 2.17. The monoisotopic (exact) mass is 303 g/mol. The van der Waals surface area contributed by atoms with Crippen LogP contribution in [0.1, 0.15) is 45.1 Å². The van der Waals surface area contributed by atoms with Gasteiger partial charge in [0.1, 0.15) is 0 Å². The molecule has 0 spiro atoms. The third kappa shape index (κ3) is 4.76. The molecule has 22 heavy (non-hydrogen) atoms. The molecule has 2 N–H and O–H groups in total. The zero-order chi connectivity index (χ0) is 15.9. The lowest BCUT2D eigenvalue weighted by Crippen LogP contribution is -2.36. The van der Waals surface area contributed by atoms with E-state index in [2.05, 4.69) is 10.6 Å². The molecule has 0 aliphatic carbocycles. The van der Waals surface area contributed by atoms with Crippen LogP contribution in [0.15, 0.2) is 24.3 Å². The molecule has 120 valence electrons. The Labute approximate surface area is 132 Å². The Morgan fingerprint density at radius 1 is 1.36 bits per heavy atom. The van der Waals surface area contributed by atoms with Crippen LogP contribution in [0.2, 0.25) is 0 Å². The van der Waals surface area contributed by atoms with Gasteiger partial charge in [-0.15, -0.1) is 0 Å². The second kappa shape index (κ2) is 7.82. The van der Waals surface area contributed by atoms with Gasteiger partial charge in [0.2, 0.25) is 5.91 Å². The maximum Gasteiger partial charge on any atom is 0.319 e. The van der Waals surface area contributed by atoms with E-state index in [0.717, 1.165) is 37.1 Å². The molecule has 1 unspecified atom stereocenters. The van der Waals surface area contributed by atoms with E-state index in [1.165, 1.54) is 0 Å². The third-order valence-electron chi connectivity index (χ3n) is 3.97. The summed E-state index contributed by atoms with van der Waals surface area (Å²) in [6.45, 7) is 5.44. The first-order valence-electron chi connectivity index (χ1n) is 8.02. The number of amides is 3. The van der Waals surface area contributed by atoms with Gasteiger partial charge >= 0.3 is 6.03 Å². The predicted octanol–water partition coefficient (Wildman–Crippen LogP) is 3.12. The van der Waals surface area contributed by atoms with Crippen molar-refractivity contribution in [2.45, 2.75) is 52.1 Å². The standard InChI is InChI=1S/C17H25N3O2/c1-3-13(2)18-17(22)19-15-8-6-7-14(11-15)12-20-10-5-4-9-16(20)21/h6-8,11,13H,3-5,9-10,12H2,1-2H3,(H2,18,19,22). The zero-order valence-corrected chi connectivity index (χ0v) is 13.4. The number of likely N-dealkylation sites (tertiary alicyclic amines) is 1. The second-order valence-corrected chi connectivity index (χ2v) is 5.88. The highest BCUT2D eigenvalue weighted by Gasteiger charge is 2.18. The van der Waals surface area contributed by atoms with Crippen LogP contribution in [0.25, 0.3) is 0 Å². The Morgan fingerprint density at radius 2 is 2.18 bits per heavy atom. The van der Waals surface area contributed by atoms with Crippen LogP contribution in [0.3, 0.4) is 0 Å². The summed E-state index contributed by atoms with van der Waals surface area (Å²) in [4.78, 5) is 25.6. The van der Waals surface area contributed by atoms with Crippen molar-refractivity contribution in [3.8, 4) is 0 Å². The molecule has 1 fully saturated rings. The van der Waals surface area contributed by atoms with Crippen LogP contribution in [0, 0.1) is 0 Å². The summed E-state index contributed by atoms with van der Waals surface area (Å²) in [5.41, 5.74) is 1.79. The Kier molecular flexibility index (Phi) is 5.81. The summed E-state index contributed by atoms with van der Waals surface area (Å²) >= 11 is 0. The Balaban J connectivity index is 1.94. The largest absolute Gasteiger partial charge is 0.338 e. The number of hydrogen-bond acceptors (Lipinski definition) is 2. The quantitative estimate of drug-likeness (QED) is 0.878. The number of carbonyl (C=O) groups is 2. The van der Waals surface area contributed by atoms with E-state index in [9.17, 15) is 9.59 Å². The Bertz CT molecular complexity index is 530. The average Bonchev–Trinajstić information content (AvgIpc) is 2.49. The van der Waals surface area contributed by atoms with E-state index in [0.29, 0.717) is 13.0 Å². The molecule has 5 heteroatoms. The number of nitrogens with zero attached hydrogens (tertiary/aromatic N) is 1. The Hall–Kier alpha value is -2.04. The van der Waals surface area contributed by atoms with E-state index in [4.69, 9.17) is 0 Å². The van der Waals surface area contributed by atoms with Crippen LogP contribution in [0.4, 0.5) is 10.5 Å². The number of benzene rings is 1. The molecule has 0 saturated carbocycles. The molecule has 1 atom stereocenters. The van der Waals surface area contributed by atoms with Crippen molar-refractivity contribution in [3.05, 3.63) is 29.8 Å². The van der Waals surface area contributed by atoms with E-state index in [1.807, 2.05) is 43.0 Å². The molecule has 1 aliphatic rings. The molecule has 0 radical (unpaired) electrons. The fourth-order valence-electron chi connectivity index (χ4n) is 2.49. The van der Waals surface area contributed by atoms with E-state index in [1.54, 1.807) is 0 Å². The van der Waals surface area contributed by atoms with Gasteiger partial charge in [-0.05, 0) is 43.9 Å². The van der Waals surface area contributed by atoms with Crippen molar-refractivity contribution in [1.29, 1.82) is 0 Å². The van der Waals surface area contributed by atoms with Crippen molar-refractivity contribution < 1.29 is 9.59 Å². The van der Waals surface area contributed by atoms with Gasteiger partial charge in [-0.3, -0.25) is 4.79 Å². The molecule has 5 nitrogen and oxygen atoms in total. The topological polar surface area (TPSA) is 61.4 Å². The van der Waals surface area contributed by atoms with Gasteiger partial charge in [0.25, 0.3) is 0 Å². The van der Waals surface area contributed by atoms with Gasteiger partial charge in [-0.1, -0.05) is 19.1 Å². The lowest BCUT2D eigenvalue weighted by atomic mass is 10.1. The van der Waals surface area contributed by atoms with Gasteiger partial charge in [0, 0.05) is 31.2 Å². The number of anilines is 1. The van der Waals surface area contributed by atoms with E-state index >= 15 is 0 Å². The minimum absolute atomic E-state index is 0.147. The molecular formula is C17H25N3O2. The lowest BCUT2D eigenvalue weighted by molar-refractivity contribution is -0.133. The fraction of sp³-hybridized carbons (Fsp3) is 0.529. The van der Waals surface area contributed by atoms with Gasteiger partial charge in [0.05, 0.1) is 0 Å². The third-order valence-corrected chi connectivity index (χ3v) is 3.97. The first-order chi connectivity index (χ1) is 10.6. The number of urea groups is 1. The molecule has 2 rings (SSSR count). The van der Waals surface area contributed by atoms with Gasteiger partial charge in [-0.25, -0.2) is 4.79 Å². The Morgan fingerprint density at radius 3 is 2.91 bits per heavy atom. The summed E-state index contributed by atoms with van der Waals surface area (Å²) in [6, 6.07) is 7.63. The van der Waals surface area contributed by atoms with Crippen LogP contribution in [0.5, 0.6) is 0 Å². The summed E-state index contributed by atoms with van der Waals surface area (Å²) in [7, 11) is 0. The summed E-state index contributed by atoms with van der Waals surface area (Å²) < 4.78 is 0. The lowest BCUT2D eigenvalue weighted by Gasteiger charge is -2.26. The molecule has 1 aromatic carbocycles. The number of hydrogen-bond donors (Lipinski definition) is 2. The molecular weight excluding hydrogens is 278 g/mol. The predicted molar refractivity (Wildman–Crippen MR) is 87.6 cm³/mol. The summed E-state index contributed by atoms with van der Waals surface area (Å²) in [5, 5.41) is 5.71. The number of nitrogens with one attached hydrogen (secondary N) is 2. The SMILES string of the molecule is CCC(C)NC(=O)Nc1cccc(CN2CCCCC2=O)c1. The first-order valence-corrected chi connectivity index (χ1v) is 8.02. The average molecular weight is 303 g/mol. The van der Waals surface area contributed by atoms with Crippen molar-refractivity contribution in [1.82, 2.24) is 10.2 Å². The molecule has 0 bridgehead atoms. The van der Waals surface area contributed by atoms with Crippen LogP contribution < -0.4 is 10.6 Å². The maximum atomic E-state index is 11.9. The summed E-state index contributed by atoms with van der Waals surface area (Å²) in [6.07, 6.45) is 3.60. The first kappa shape index (κ1) is 16.3. The number of carbonyl (C=O) groups excluding carboxylic acids is 2. The van der Waals surface area contributed by atoms with Crippen molar-refractivity contribution >= 4 is 17.6 Å². The number of piperidine rings is 1. The van der Waals surface area contributed by atoms with Crippen molar-refractivity contribution in [2.24, 2.45) is 0 Å². The molecule has 3 amide bonds. The smallest absolute Gasteiger partial charge is 0.319 e. The van der Waals surface area contributed by atoms with Gasteiger partial charge in [-0.2, -0.15) is 0 Å². The minimum atomic E-state index is -0.194. The van der Waals surface area contributed by atoms with Gasteiger partial charge < -0.3 is 15.5 Å². The molecule has 0 aromatic heterocycles. The maximum absolute atomic E-state index is 11.9.